The van der Waals surface area contributed by atoms with Gasteiger partial charge in [-0.2, -0.15) is 5.10 Å². The fourth-order valence-corrected chi connectivity index (χ4v) is 5.01. The van der Waals surface area contributed by atoms with Crippen LogP contribution in [0.1, 0.15) is 11.1 Å². The van der Waals surface area contributed by atoms with Crippen molar-refractivity contribution in [3.8, 4) is 0 Å². The molecular weight excluding hydrogens is 402 g/mol. The molecule has 1 fully saturated rings. The van der Waals surface area contributed by atoms with E-state index in [2.05, 4.69) is 113 Å². The van der Waals surface area contributed by atoms with E-state index < -0.39 is 0 Å². The highest BCUT2D eigenvalue weighted by atomic mass is 15.5. The Hall–Kier alpha value is -3.69. The van der Waals surface area contributed by atoms with E-state index in [9.17, 15) is 0 Å². The molecule has 0 unspecified atom stereocenters. The summed E-state index contributed by atoms with van der Waals surface area (Å²) in [4.78, 5) is 2.54. The molecule has 5 aromatic carbocycles. The van der Waals surface area contributed by atoms with Crippen molar-refractivity contribution in [3.63, 3.8) is 0 Å². The van der Waals surface area contributed by atoms with Crippen LogP contribution in [-0.4, -0.2) is 42.3 Å². The van der Waals surface area contributed by atoms with E-state index in [0.29, 0.717) is 0 Å². The normalized spacial score (nSPS) is 15.2. The second-order valence-corrected chi connectivity index (χ2v) is 8.85. The van der Waals surface area contributed by atoms with Crippen molar-refractivity contribution in [2.24, 2.45) is 5.10 Å². The molecule has 0 aliphatic carbocycles. The first-order valence-corrected chi connectivity index (χ1v) is 11.7. The summed E-state index contributed by atoms with van der Waals surface area (Å²) in [5.41, 5.74) is 2.62. The Labute approximate surface area is 194 Å². The number of rotatable bonds is 4. The van der Waals surface area contributed by atoms with Crippen LogP contribution in [0.25, 0.3) is 32.3 Å². The Morgan fingerprint density at radius 1 is 0.606 bits per heavy atom. The Kier molecular flexibility index (Phi) is 5.25. The number of hydrogen-bond donors (Lipinski definition) is 0. The smallest absolute Gasteiger partial charge is 0.0555 e. The van der Waals surface area contributed by atoms with Crippen LogP contribution >= 0.6 is 0 Å². The van der Waals surface area contributed by atoms with Gasteiger partial charge in [0.25, 0.3) is 0 Å². The first-order valence-electron chi connectivity index (χ1n) is 11.7. The maximum Gasteiger partial charge on any atom is 0.0555 e. The molecule has 1 heterocycles. The molecule has 6 rings (SSSR count). The maximum absolute atomic E-state index is 4.93. The number of hydrazone groups is 1. The average molecular weight is 430 g/mol. The van der Waals surface area contributed by atoms with E-state index in [1.807, 2.05) is 0 Å². The molecule has 0 N–H and O–H groups in total. The highest BCUT2D eigenvalue weighted by molar-refractivity contribution is 6.13. The quantitative estimate of drug-likeness (QED) is 0.247. The van der Waals surface area contributed by atoms with E-state index in [1.54, 1.807) is 0 Å². The molecule has 1 saturated heterocycles. The van der Waals surface area contributed by atoms with Crippen LogP contribution in [0.4, 0.5) is 0 Å². The molecule has 0 spiro atoms. The third kappa shape index (κ3) is 3.96. The van der Waals surface area contributed by atoms with Crippen molar-refractivity contribution in [2.75, 3.05) is 26.2 Å². The van der Waals surface area contributed by atoms with Crippen LogP contribution in [0.5, 0.6) is 0 Å². The van der Waals surface area contributed by atoms with Crippen LogP contribution in [-0.2, 0) is 6.54 Å². The van der Waals surface area contributed by atoms with E-state index in [4.69, 9.17) is 5.10 Å². The fourth-order valence-electron chi connectivity index (χ4n) is 5.01. The van der Waals surface area contributed by atoms with Crippen LogP contribution in [0.15, 0.2) is 102 Å². The monoisotopic (exact) mass is 429 g/mol. The van der Waals surface area contributed by atoms with Crippen molar-refractivity contribution in [1.82, 2.24) is 9.91 Å². The topological polar surface area (TPSA) is 18.8 Å². The predicted molar refractivity (Wildman–Crippen MR) is 140 cm³/mol. The van der Waals surface area contributed by atoms with E-state index >= 15 is 0 Å². The average Bonchev–Trinajstić information content (AvgIpc) is 2.88. The van der Waals surface area contributed by atoms with Gasteiger partial charge < -0.3 is 0 Å². The van der Waals surface area contributed by atoms with Gasteiger partial charge in [-0.15, -0.1) is 0 Å². The van der Waals surface area contributed by atoms with E-state index in [0.717, 1.165) is 32.7 Å². The summed E-state index contributed by atoms with van der Waals surface area (Å²) in [5.74, 6) is 0. The third-order valence-electron chi connectivity index (χ3n) is 6.79. The first-order chi connectivity index (χ1) is 16.3. The van der Waals surface area contributed by atoms with Gasteiger partial charge in [0.05, 0.1) is 6.21 Å². The number of piperazine rings is 1. The van der Waals surface area contributed by atoms with Crippen molar-refractivity contribution < 1.29 is 0 Å². The zero-order valence-electron chi connectivity index (χ0n) is 18.7. The summed E-state index contributed by atoms with van der Waals surface area (Å²) in [5, 5.41) is 14.9. The summed E-state index contributed by atoms with van der Waals surface area (Å²) in [6.45, 7) is 4.94. The van der Waals surface area contributed by atoms with Crippen molar-refractivity contribution in [3.05, 3.63) is 108 Å². The molecule has 0 saturated carbocycles. The molecule has 0 atom stereocenters. The number of nitrogens with zero attached hydrogens (tertiary/aromatic N) is 3. The zero-order valence-corrected chi connectivity index (χ0v) is 18.7. The van der Waals surface area contributed by atoms with Gasteiger partial charge in [-0.3, -0.25) is 9.91 Å². The van der Waals surface area contributed by atoms with Gasteiger partial charge in [-0.05, 0) is 43.9 Å². The van der Waals surface area contributed by atoms with Crippen LogP contribution < -0.4 is 0 Å². The molecule has 0 amide bonds. The van der Waals surface area contributed by atoms with Gasteiger partial charge in [0.1, 0.15) is 0 Å². The molecule has 162 valence electrons. The standard InChI is InChI=1S/C30H27N3/c1-4-13-27-23(8-1)11-7-12-26(27)22-32-16-18-33(19-17-32)31-21-30-28-14-5-2-9-24(28)20-25-10-3-6-15-29(25)30/h1-15,20-21H,16-19,22H2/b31-21-. The lowest BCUT2D eigenvalue weighted by Crippen LogP contribution is -2.43. The second kappa shape index (κ2) is 8.68. The largest absolute Gasteiger partial charge is 0.295 e. The molecule has 1 aliphatic heterocycles. The maximum atomic E-state index is 4.93. The zero-order chi connectivity index (χ0) is 22.0. The molecule has 0 radical (unpaired) electrons. The summed E-state index contributed by atoms with van der Waals surface area (Å²) >= 11 is 0. The SMILES string of the molecule is C(=N/N1CCN(Cc2cccc3ccccc23)CC1)/c1c2ccccc2cc2ccccc12. The summed E-state index contributed by atoms with van der Waals surface area (Å²) in [6.07, 6.45) is 2.07. The van der Waals surface area contributed by atoms with Gasteiger partial charge in [0, 0.05) is 38.3 Å². The van der Waals surface area contributed by atoms with Crippen molar-refractivity contribution in [1.29, 1.82) is 0 Å². The van der Waals surface area contributed by atoms with Crippen molar-refractivity contribution >= 4 is 38.5 Å². The van der Waals surface area contributed by atoms with Gasteiger partial charge in [-0.25, -0.2) is 0 Å². The summed E-state index contributed by atoms with van der Waals surface area (Å²) in [6, 6.07) is 34.8. The van der Waals surface area contributed by atoms with Gasteiger partial charge in [0.2, 0.25) is 0 Å². The highest BCUT2D eigenvalue weighted by Gasteiger charge is 2.16. The summed E-state index contributed by atoms with van der Waals surface area (Å²) < 4.78 is 0. The van der Waals surface area contributed by atoms with Gasteiger partial charge in [0.15, 0.2) is 0 Å². The van der Waals surface area contributed by atoms with E-state index in [1.165, 1.54) is 43.4 Å². The lowest BCUT2D eigenvalue weighted by molar-refractivity contribution is 0.131. The Morgan fingerprint density at radius 3 is 1.88 bits per heavy atom. The number of fused-ring (bicyclic) bond motifs is 3. The molecular formula is C30H27N3. The third-order valence-corrected chi connectivity index (χ3v) is 6.79. The van der Waals surface area contributed by atoms with Crippen LogP contribution in [0.3, 0.4) is 0 Å². The fraction of sp³-hybridized carbons (Fsp3) is 0.167. The summed E-state index contributed by atoms with van der Waals surface area (Å²) in [7, 11) is 0. The second-order valence-electron chi connectivity index (χ2n) is 8.85. The van der Waals surface area contributed by atoms with Gasteiger partial charge in [-0.1, -0.05) is 91.0 Å². The van der Waals surface area contributed by atoms with E-state index in [-0.39, 0.29) is 0 Å². The minimum Gasteiger partial charge on any atom is -0.295 e. The lowest BCUT2D eigenvalue weighted by Gasteiger charge is -2.33. The Balaban J connectivity index is 1.20. The van der Waals surface area contributed by atoms with Crippen LogP contribution in [0, 0.1) is 0 Å². The Bertz CT molecular complexity index is 1400. The predicted octanol–water partition coefficient (Wildman–Crippen LogP) is 6.30. The molecule has 33 heavy (non-hydrogen) atoms. The van der Waals surface area contributed by atoms with Crippen molar-refractivity contribution in [2.45, 2.75) is 6.54 Å². The number of benzene rings is 5. The molecule has 3 nitrogen and oxygen atoms in total. The number of hydrogen-bond acceptors (Lipinski definition) is 3. The lowest BCUT2D eigenvalue weighted by atomic mass is 9.97. The molecule has 3 heteroatoms. The minimum absolute atomic E-state index is 0.948. The molecule has 0 aromatic heterocycles. The van der Waals surface area contributed by atoms with Crippen LogP contribution in [0.2, 0.25) is 0 Å². The minimum atomic E-state index is 0.948. The molecule has 5 aromatic rings. The molecule has 0 bridgehead atoms. The first kappa shape index (κ1) is 20.0. The van der Waals surface area contributed by atoms with Gasteiger partial charge >= 0.3 is 0 Å². The molecule has 1 aliphatic rings. The highest BCUT2D eigenvalue weighted by Crippen LogP contribution is 2.27. The Morgan fingerprint density at radius 2 is 1.18 bits per heavy atom.